The van der Waals surface area contributed by atoms with Crippen molar-refractivity contribution in [1.29, 1.82) is 0 Å². The molecular formula is C21H27FN4O. The Morgan fingerprint density at radius 3 is 2.67 bits per heavy atom. The molecule has 144 valence electrons. The second kappa shape index (κ2) is 7.43. The molecular weight excluding hydrogens is 343 g/mol. The number of hydrogen-bond acceptors (Lipinski definition) is 3. The van der Waals surface area contributed by atoms with Gasteiger partial charge in [-0.05, 0) is 50.3 Å². The molecule has 1 aromatic heterocycles. The molecule has 0 N–H and O–H groups in total. The molecule has 0 saturated carbocycles. The van der Waals surface area contributed by atoms with Crippen LogP contribution in [0.25, 0.3) is 0 Å². The van der Waals surface area contributed by atoms with E-state index in [0.717, 1.165) is 38.2 Å². The van der Waals surface area contributed by atoms with Crippen LogP contribution in [-0.2, 0) is 6.54 Å². The van der Waals surface area contributed by atoms with Crippen molar-refractivity contribution in [3.8, 4) is 0 Å². The van der Waals surface area contributed by atoms with Gasteiger partial charge in [-0.2, -0.15) is 5.10 Å². The summed E-state index contributed by atoms with van der Waals surface area (Å²) in [5.41, 5.74) is 1.80. The zero-order chi connectivity index (χ0) is 19.0. The molecule has 0 radical (unpaired) electrons. The van der Waals surface area contributed by atoms with Crippen LogP contribution in [0.5, 0.6) is 0 Å². The maximum atomic E-state index is 13.2. The summed E-state index contributed by atoms with van der Waals surface area (Å²) in [4.78, 5) is 17.6. The van der Waals surface area contributed by atoms with Gasteiger partial charge in [0.15, 0.2) is 0 Å². The van der Waals surface area contributed by atoms with Crippen LogP contribution in [0.3, 0.4) is 0 Å². The second-order valence-corrected chi connectivity index (χ2v) is 8.18. The fraction of sp³-hybridized carbons (Fsp3) is 0.524. The number of rotatable bonds is 4. The lowest BCUT2D eigenvalue weighted by Crippen LogP contribution is -2.47. The number of halogens is 1. The van der Waals surface area contributed by atoms with E-state index in [1.807, 2.05) is 23.0 Å². The average Bonchev–Trinajstić information content (AvgIpc) is 2.99. The molecule has 1 amide bonds. The van der Waals surface area contributed by atoms with E-state index in [2.05, 4.69) is 28.7 Å². The first-order valence-electron chi connectivity index (χ1n) is 9.81. The Hall–Kier alpha value is -2.21. The topological polar surface area (TPSA) is 41.4 Å². The zero-order valence-corrected chi connectivity index (χ0v) is 16.0. The predicted molar refractivity (Wildman–Crippen MR) is 102 cm³/mol. The maximum absolute atomic E-state index is 13.2. The van der Waals surface area contributed by atoms with Crippen LogP contribution in [0.15, 0.2) is 36.7 Å². The molecule has 3 aliphatic rings. The van der Waals surface area contributed by atoms with Crippen LogP contribution in [0, 0.1) is 11.7 Å². The molecule has 2 aromatic rings. The highest BCUT2D eigenvalue weighted by Gasteiger charge is 2.37. The Bertz CT molecular complexity index is 801. The fourth-order valence-electron chi connectivity index (χ4n) is 4.30. The van der Waals surface area contributed by atoms with Crippen LogP contribution in [0.4, 0.5) is 4.39 Å². The van der Waals surface area contributed by atoms with E-state index in [-0.39, 0.29) is 23.8 Å². The molecule has 3 fully saturated rings. The van der Waals surface area contributed by atoms with Gasteiger partial charge in [0.1, 0.15) is 5.82 Å². The zero-order valence-electron chi connectivity index (χ0n) is 16.0. The van der Waals surface area contributed by atoms with Crippen LogP contribution in [0.2, 0.25) is 0 Å². The number of carbonyl (C=O) groups is 1. The summed E-state index contributed by atoms with van der Waals surface area (Å²) < 4.78 is 15.0. The molecule has 5 nitrogen and oxygen atoms in total. The molecule has 2 bridgehead atoms. The highest BCUT2D eigenvalue weighted by atomic mass is 19.1. The van der Waals surface area contributed by atoms with Crippen molar-refractivity contribution in [3.63, 3.8) is 0 Å². The first-order chi connectivity index (χ1) is 13.0. The minimum Gasteiger partial charge on any atom is -0.334 e. The Morgan fingerprint density at radius 1 is 1.19 bits per heavy atom. The minimum atomic E-state index is -0.201. The third-order valence-corrected chi connectivity index (χ3v) is 5.75. The molecule has 0 aliphatic carbocycles. The van der Waals surface area contributed by atoms with E-state index in [4.69, 9.17) is 0 Å². The summed E-state index contributed by atoms with van der Waals surface area (Å²) >= 11 is 0. The van der Waals surface area contributed by atoms with Gasteiger partial charge in [0, 0.05) is 44.5 Å². The molecule has 2 atom stereocenters. The fourth-order valence-corrected chi connectivity index (χ4v) is 4.30. The Morgan fingerprint density at radius 2 is 1.96 bits per heavy atom. The number of piperidine rings is 1. The summed E-state index contributed by atoms with van der Waals surface area (Å²) in [6, 6.07) is 7.22. The van der Waals surface area contributed by atoms with E-state index in [1.54, 1.807) is 6.20 Å². The normalized spacial score (nSPS) is 23.0. The van der Waals surface area contributed by atoms with Gasteiger partial charge in [-0.1, -0.05) is 12.1 Å². The van der Waals surface area contributed by atoms with E-state index in [1.165, 1.54) is 18.6 Å². The van der Waals surface area contributed by atoms with Crippen molar-refractivity contribution >= 4 is 5.91 Å². The number of hydrogen-bond donors (Lipinski definition) is 0. The number of fused-ring (bicyclic) bond motifs is 4. The SMILES string of the molecule is CC(C)n1cc(C(=O)N2C[C@H]3CC[C@@H]2CN(Cc2ccc(F)cc2)C3)cn1. The van der Waals surface area contributed by atoms with E-state index >= 15 is 0 Å². The third-order valence-electron chi connectivity index (χ3n) is 5.75. The van der Waals surface area contributed by atoms with Crippen LogP contribution < -0.4 is 0 Å². The molecule has 4 heterocycles. The first-order valence-corrected chi connectivity index (χ1v) is 9.81. The van der Waals surface area contributed by atoms with Crippen LogP contribution in [0.1, 0.15) is 48.7 Å². The van der Waals surface area contributed by atoms with E-state index < -0.39 is 0 Å². The van der Waals surface area contributed by atoms with Crippen molar-refractivity contribution < 1.29 is 9.18 Å². The Kier molecular flexibility index (Phi) is 5.00. The van der Waals surface area contributed by atoms with Gasteiger partial charge >= 0.3 is 0 Å². The highest BCUT2D eigenvalue weighted by molar-refractivity contribution is 5.94. The molecule has 3 saturated heterocycles. The van der Waals surface area contributed by atoms with E-state index in [9.17, 15) is 9.18 Å². The van der Waals surface area contributed by atoms with Crippen LogP contribution in [-0.4, -0.2) is 51.2 Å². The van der Waals surface area contributed by atoms with E-state index in [0.29, 0.717) is 11.5 Å². The Labute approximate surface area is 159 Å². The molecule has 3 aliphatic heterocycles. The molecule has 5 rings (SSSR count). The van der Waals surface area contributed by atoms with Gasteiger partial charge in [0.25, 0.3) is 5.91 Å². The van der Waals surface area contributed by atoms with Gasteiger partial charge in [-0.3, -0.25) is 14.4 Å². The minimum absolute atomic E-state index is 0.0974. The van der Waals surface area contributed by atoms with Crippen molar-refractivity contribution in [3.05, 3.63) is 53.6 Å². The highest BCUT2D eigenvalue weighted by Crippen LogP contribution is 2.30. The van der Waals surface area contributed by atoms with Gasteiger partial charge in [-0.15, -0.1) is 0 Å². The standard InChI is InChI=1S/C21H27FN4O/c1-15(2)26-13-18(9-23-26)21(27)25-12-17-5-8-20(25)14-24(11-17)10-16-3-6-19(22)7-4-16/h3-4,6-7,9,13,15,17,20H,5,8,10-12,14H2,1-2H3/t17-,20+/m0/s1. The molecule has 0 spiro atoms. The van der Waals surface area contributed by atoms with Gasteiger partial charge in [0.2, 0.25) is 0 Å². The summed E-state index contributed by atoms with van der Waals surface area (Å²) in [5.74, 6) is 0.391. The number of benzene rings is 1. The summed E-state index contributed by atoms with van der Waals surface area (Å²) in [5, 5.41) is 4.32. The second-order valence-electron chi connectivity index (χ2n) is 8.18. The number of amides is 1. The van der Waals surface area contributed by atoms with Crippen LogP contribution >= 0.6 is 0 Å². The third kappa shape index (κ3) is 3.90. The summed E-state index contributed by atoms with van der Waals surface area (Å²) in [6.45, 7) is 7.60. The van der Waals surface area contributed by atoms with Gasteiger partial charge in [0.05, 0.1) is 11.8 Å². The smallest absolute Gasteiger partial charge is 0.257 e. The predicted octanol–water partition coefficient (Wildman–Crippen LogP) is 3.34. The molecule has 1 aromatic carbocycles. The van der Waals surface area contributed by atoms with Gasteiger partial charge in [-0.25, -0.2) is 4.39 Å². The molecule has 0 unspecified atom stereocenters. The molecule has 27 heavy (non-hydrogen) atoms. The largest absolute Gasteiger partial charge is 0.334 e. The number of aromatic nitrogens is 2. The maximum Gasteiger partial charge on any atom is 0.257 e. The van der Waals surface area contributed by atoms with Crippen molar-refractivity contribution in [2.24, 2.45) is 5.92 Å². The lowest BCUT2D eigenvalue weighted by Gasteiger charge is -2.36. The monoisotopic (exact) mass is 370 g/mol. The summed E-state index contributed by atoms with van der Waals surface area (Å²) in [6.07, 6.45) is 5.77. The van der Waals surface area contributed by atoms with Gasteiger partial charge < -0.3 is 4.90 Å². The number of carbonyl (C=O) groups excluding carboxylic acids is 1. The van der Waals surface area contributed by atoms with Crippen molar-refractivity contribution in [2.45, 2.75) is 45.3 Å². The summed E-state index contributed by atoms with van der Waals surface area (Å²) in [7, 11) is 0. The quantitative estimate of drug-likeness (QED) is 0.829. The average molecular weight is 370 g/mol. The van der Waals surface area contributed by atoms with Crippen molar-refractivity contribution in [1.82, 2.24) is 19.6 Å². The Balaban J connectivity index is 1.47. The lowest BCUT2D eigenvalue weighted by molar-refractivity contribution is 0.0585. The molecule has 6 heteroatoms. The first kappa shape index (κ1) is 18.2. The lowest BCUT2D eigenvalue weighted by atomic mass is 9.94. The van der Waals surface area contributed by atoms with Crippen molar-refractivity contribution in [2.75, 3.05) is 19.6 Å². The number of nitrogens with zero attached hydrogens (tertiary/aromatic N) is 4.